The lowest BCUT2D eigenvalue weighted by molar-refractivity contribution is 0.0940. The molecule has 2 rings (SSSR count). The monoisotopic (exact) mass is 298 g/mol. The van der Waals surface area contributed by atoms with Gasteiger partial charge in [-0.2, -0.15) is 0 Å². The molecule has 0 saturated carbocycles. The number of amides is 1. The van der Waals surface area contributed by atoms with Crippen molar-refractivity contribution in [2.45, 2.75) is 32.4 Å². The highest BCUT2D eigenvalue weighted by Crippen LogP contribution is 2.13. The first-order chi connectivity index (χ1) is 9.35. The van der Waals surface area contributed by atoms with Gasteiger partial charge in [0.2, 0.25) is 5.88 Å². The van der Waals surface area contributed by atoms with Crippen LogP contribution in [0.4, 0.5) is 0 Å². The van der Waals surface area contributed by atoms with Gasteiger partial charge in [0.15, 0.2) is 9.84 Å². The number of nitrogens with one attached hydrogen (secondary N) is 1. The Morgan fingerprint density at radius 1 is 1.45 bits per heavy atom. The van der Waals surface area contributed by atoms with Gasteiger partial charge in [-0.1, -0.05) is 0 Å². The van der Waals surface area contributed by atoms with Crippen LogP contribution in [0.5, 0.6) is 5.88 Å². The molecule has 1 aromatic heterocycles. The lowest BCUT2D eigenvalue weighted by atomic mass is 10.2. The summed E-state index contributed by atoms with van der Waals surface area (Å²) in [5.74, 6) is 0.300. The number of hydrogen-bond donors (Lipinski definition) is 1. The molecule has 6 nitrogen and oxygen atoms in total. The summed E-state index contributed by atoms with van der Waals surface area (Å²) in [6, 6.07) is 2.93. The number of carbonyl (C=O) groups excluding carboxylic acids is 1. The van der Waals surface area contributed by atoms with E-state index in [4.69, 9.17) is 4.74 Å². The molecular formula is C13H18N2O4S. The number of aromatic nitrogens is 1. The van der Waals surface area contributed by atoms with Crippen LogP contribution in [0.25, 0.3) is 0 Å². The second-order valence-corrected chi connectivity index (χ2v) is 7.35. The molecule has 1 aliphatic heterocycles. The van der Waals surface area contributed by atoms with Crippen molar-refractivity contribution >= 4 is 15.7 Å². The van der Waals surface area contributed by atoms with Gasteiger partial charge in [0.25, 0.3) is 5.91 Å². The summed E-state index contributed by atoms with van der Waals surface area (Å²) >= 11 is 0. The highest BCUT2D eigenvalue weighted by molar-refractivity contribution is 7.91. The molecule has 0 radical (unpaired) electrons. The Bertz CT molecular complexity index is 581. The molecule has 1 aromatic rings. The first kappa shape index (κ1) is 14.8. The smallest absolute Gasteiger partial charge is 0.253 e. The topological polar surface area (TPSA) is 85.4 Å². The fourth-order valence-electron chi connectivity index (χ4n) is 2.00. The highest BCUT2D eigenvalue weighted by Gasteiger charge is 2.29. The second kappa shape index (κ2) is 5.78. The summed E-state index contributed by atoms with van der Waals surface area (Å²) in [5, 5.41) is 2.71. The van der Waals surface area contributed by atoms with Crippen LogP contribution < -0.4 is 10.1 Å². The maximum Gasteiger partial charge on any atom is 0.253 e. The van der Waals surface area contributed by atoms with Gasteiger partial charge in [-0.3, -0.25) is 4.79 Å². The minimum absolute atomic E-state index is 0.0146. The van der Waals surface area contributed by atoms with Crippen LogP contribution in [-0.4, -0.2) is 43.0 Å². The van der Waals surface area contributed by atoms with Gasteiger partial charge in [-0.25, -0.2) is 13.4 Å². The highest BCUT2D eigenvalue weighted by atomic mass is 32.2. The standard InChI is InChI=1S/C13H18N2O4S/c1-9(2)19-12-4-3-10(7-14-12)13(16)15-11-5-6-20(17,18)8-11/h3-4,7,9,11H,5-6,8H2,1-2H3,(H,15,16). The summed E-state index contributed by atoms with van der Waals surface area (Å²) < 4.78 is 28.0. The molecule has 20 heavy (non-hydrogen) atoms. The van der Waals surface area contributed by atoms with Crippen LogP contribution in [0.1, 0.15) is 30.6 Å². The molecular weight excluding hydrogens is 280 g/mol. The molecule has 0 spiro atoms. The Labute approximate surface area is 118 Å². The second-order valence-electron chi connectivity index (χ2n) is 5.13. The Morgan fingerprint density at radius 3 is 2.70 bits per heavy atom. The van der Waals surface area contributed by atoms with Crippen molar-refractivity contribution in [3.05, 3.63) is 23.9 Å². The van der Waals surface area contributed by atoms with Crippen LogP contribution >= 0.6 is 0 Å². The third-order valence-corrected chi connectivity index (χ3v) is 4.69. The third kappa shape index (κ3) is 3.93. The average molecular weight is 298 g/mol. The largest absolute Gasteiger partial charge is 0.475 e. The van der Waals surface area contributed by atoms with Crippen LogP contribution in [-0.2, 0) is 9.84 Å². The minimum atomic E-state index is -2.99. The maximum atomic E-state index is 12.0. The average Bonchev–Trinajstić information content (AvgIpc) is 2.68. The number of hydrogen-bond acceptors (Lipinski definition) is 5. The minimum Gasteiger partial charge on any atom is -0.475 e. The Morgan fingerprint density at radius 2 is 2.20 bits per heavy atom. The quantitative estimate of drug-likeness (QED) is 0.888. The Hall–Kier alpha value is -1.63. The van der Waals surface area contributed by atoms with Gasteiger partial charge in [0.05, 0.1) is 23.2 Å². The molecule has 1 aliphatic rings. The Kier molecular flexibility index (Phi) is 4.27. The fourth-order valence-corrected chi connectivity index (χ4v) is 3.68. The summed E-state index contributed by atoms with van der Waals surface area (Å²) in [7, 11) is -2.99. The lowest BCUT2D eigenvalue weighted by Gasteiger charge is -2.11. The van der Waals surface area contributed by atoms with Crippen molar-refractivity contribution in [2.75, 3.05) is 11.5 Å². The van der Waals surface area contributed by atoms with E-state index >= 15 is 0 Å². The zero-order valence-electron chi connectivity index (χ0n) is 11.5. The first-order valence-electron chi connectivity index (χ1n) is 6.50. The van der Waals surface area contributed by atoms with E-state index in [1.807, 2.05) is 13.8 Å². The molecule has 1 fully saturated rings. The van der Waals surface area contributed by atoms with E-state index in [2.05, 4.69) is 10.3 Å². The van der Waals surface area contributed by atoms with Crippen molar-refractivity contribution in [3.63, 3.8) is 0 Å². The number of nitrogens with zero attached hydrogens (tertiary/aromatic N) is 1. The van der Waals surface area contributed by atoms with E-state index in [1.165, 1.54) is 6.20 Å². The van der Waals surface area contributed by atoms with Crippen molar-refractivity contribution in [2.24, 2.45) is 0 Å². The summed E-state index contributed by atoms with van der Waals surface area (Å²) in [4.78, 5) is 16.0. The zero-order chi connectivity index (χ0) is 14.8. The number of rotatable bonds is 4. The summed E-state index contributed by atoms with van der Waals surface area (Å²) in [5.41, 5.74) is 0.394. The van der Waals surface area contributed by atoms with Gasteiger partial charge in [0, 0.05) is 18.3 Å². The molecule has 0 aromatic carbocycles. The van der Waals surface area contributed by atoms with Crippen molar-refractivity contribution in [3.8, 4) is 5.88 Å². The first-order valence-corrected chi connectivity index (χ1v) is 8.32. The molecule has 1 N–H and O–H groups in total. The number of carbonyl (C=O) groups is 1. The number of pyridine rings is 1. The van der Waals surface area contributed by atoms with E-state index < -0.39 is 9.84 Å². The van der Waals surface area contributed by atoms with Gasteiger partial charge in [-0.15, -0.1) is 0 Å². The van der Waals surface area contributed by atoms with Gasteiger partial charge < -0.3 is 10.1 Å². The van der Waals surface area contributed by atoms with E-state index in [1.54, 1.807) is 12.1 Å². The molecule has 0 aliphatic carbocycles. The summed E-state index contributed by atoms with van der Waals surface area (Å²) in [6.45, 7) is 3.78. The molecule has 1 atom stereocenters. The molecule has 110 valence electrons. The van der Waals surface area contributed by atoms with Gasteiger partial charge in [-0.05, 0) is 26.3 Å². The van der Waals surface area contributed by atoms with Crippen molar-refractivity contribution in [1.29, 1.82) is 0 Å². The predicted molar refractivity (Wildman–Crippen MR) is 74.5 cm³/mol. The van der Waals surface area contributed by atoms with Crippen LogP contribution in [0.3, 0.4) is 0 Å². The molecule has 1 amide bonds. The molecule has 2 heterocycles. The maximum absolute atomic E-state index is 12.0. The molecule has 1 saturated heterocycles. The van der Waals surface area contributed by atoms with Gasteiger partial charge in [0.1, 0.15) is 0 Å². The zero-order valence-corrected chi connectivity index (χ0v) is 12.3. The van der Waals surface area contributed by atoms with E-state index in [0.29, 0.717) is 17.9 Å². The van der Waals surface area contributed by atoms with E-state index in [0.717, 1.165) is 0 Å². The third-order valence-electron chi connectivity index (χ3n) is 2.92. The lowest BCUT2D eigenvalue weighted by Crippen LogP contribution is -2.35. The SMILES string of the molecule is CC(C)Oc1ccc(C(=O)NC2CCS(=O)(=O)C2)cn1. The van der Waals surface area contributed by atoms with Crippen molar-refractivity contribution in [1.82, 2.24) is 10.3 Å². The summed E-state index contributed by atoms with van der Waals surface area (Å²) in [6.07, 6.45) is 1.91. The normalized spacial score (nSPS) is 20.9. The Balaban J connectivity index is 1.96. The van der Waals surface area contributed by atoms with Gasteiger partial charge >= 0.3 is 0 Å². The van der Waals surface area contributed by atoms with E-state index in [-0.39, 0.29) is 29.6 Å². The molecule has 7 heteroatoms. The fraction of sp³-hybridized carbons (Fsp3) is 0.538. The van der Waals surface area contributed by atoms with Crippen LogP contribution in [0.2, 0.25) is 0 Å². The molecule has 0 bridgehead atoms. The van der Waals surface area contributed by atoms with Crippen molar-refractivity contribution < 1.29 is 17.9 Å². The number of ether oxygens (including phenoxy) is 1. The molecule has 1 unspecified atom stereocenters. The predicted octanol–water partition coefficient (Wildman–Crippen LogP) is 0.786. The van der Waals surface area contributed by atoms with Crippen LogP contribution in [0, 0.1) is 0 Å². The number of sulfone groups is 1. The van der Waals surface area contributed by atoms with Crippen LogP contribution in [0.15, 0.2) is 18.3 Å². The van der Waals surface area contributed by atoms with E-state index in [9.17, 15) is 13.2 Å².